The van der Waals surface area contributed by atoms with Crippen LogP contribution in [0.5, 0.6) is 5.75 Å². The Morgan fingerprint density at radius 3 is 2.42 bits per heavy atom. The fraction of sp³-hybridized carbons (Fsp3) is 0.533. The molecule has 3 rings (SSSR count). The van der Waals surface area contributed by atoms with Crippen molar-refractivity contribution in [3.63, 3.8) is 0 Å². The molecule has 1 aliphatic carbocycles. The molecule has 2 aromatic rings. The zero-order chi connectivity index (χ0) is 26.3. The Bertz CT molecular complexity index is 1040. The van der Waals surface area contributed by atoms with Gasteiger partial charge in [0.25, 0.3) is 5.91 Å². The molecule has 0 radical (unpaired) electrons. The third-order valence-electron chi connectivity index (χ3n) is 7.09. The number of ether oxygens (including phenoxy) is 1. The van der Waals surface area contributed by atoms with Crippen molar-refractivity contribution >= 4 is 27.7 Å². The summed E-state index contributed by atoms with van der Waals surface area (Å²) in [6.45, 7) is 10.7. The number of hydrogen-bond donors (Lipinski definition) is 1. The molecule has 1 unspecified atom stereocenters. The van der Waals surface area contributed by atoms with Gasteiger partial charge >= 0.3 is 0 Å². The molecule has 0 aliphatic heterocycles. The highest BCUT2D eigenvalue weighted by Gasteiger charge is 2.31. The van der Waals surface area contributed by atoms with Crippen LogP contribution in [0, 0.1) is 6.92 Å². The van der Waals surface area contributed by atoms with E-state index in [1.165, 1.54) is 12.0 Å². The summed E-state index contributed by atoms with van der Waals surface area (Å²) in [5.74, 6) is 0.352. The maximum absolute atomic E-state index is 13.6. The van der Waals surface area contributed by atoms with Crippen LogP contribution in [0.3, 0.4) is 0 Å². The van der Waals surface area contributed by atoms with E-state index >= 15 is 0 Å². The first-order valence-corrected chi connectivity index (χ1v) is 14.0. The van der Waals surface area contributed by atoms with E-state index in [0.717, 1.165) is 41.3 Å². The van der Waals surface area contributed by atoms with Crippen molar-refractivity contribution in [1.29, 1.82) is 0 Å². The molecule has 0 heterocycles. The summed E-state index contributed by atoms with van der Waals surface area (Å²) in [4.78, 5) is 28.6. The van der Waals surface area contributed by atoms with Gasteiger partial charge in [-0.15, -0.1) is 0 Å². The lowest BCUT2D eigenvalue weighted by atomic mass is 9.87. The summed E-state index contributed by atoms with van der Waals surface area (Å²) in [7, 11) is 0. The van der Waals surface area contributed by atoms with Crippen LogP contribution in [-0.4, -0.2) is 35.4 Å². The number of hydrogen-bond acceptors (Lipinski definition) is 3. The van der Waals surface area contributed by atoms with Gasteiger partial charge in [0.2, 0.25) is 5.91 Å². The summed E-state index contributed by atoms with van der Waals surface area (Å²) in [6.07, 6.45) is 6.07. The fourth-order valence-electron chi connectivity index (χ4n) is 4.74. The average molecular weight is 558 g/mol. The summed E-state index contributed by atoms with van der Waals surface area (Å²) in [6, 6.07) is 13.6. The van der Waals surface area contributed by atoms with Gasteiger partial charge in [0.05, 0.1) is 4.47 Å². The average Bonchev–Trinajstić information content (AvgIpc) is 2.84. The second-order valence-corrected chi connectivity index (χ2v) is 11.8. The summed E-state index contributed by atoms with van der Waals surface area (Å²) in [5, 5.41) is 3.23. The van der Waals surface area contributed by atoms with Gasteiger partial charge in [-0.25, -0.2) is 0 Å². The summed E-state index contributed by atoms with van der Waals surface area (Å²) < 4.78 is 6.78. The zero-order valence-electron chi connectivity index (χ0n) is 22.4. The molecular weight excluding hydrogens is 516 g/mol. The van der Waals surface area contributed by atoms with Gasteiger partial charge in [0.15, 0.2) is 6.61 Å². The minimum absolute atomic E-state index is 0.0151. The van der Waals surface area contributed by atoms with E-state index in [1.54, 1.807) is 4.90 Å². The molecule has 2 amide bonds. The van der Waals surface area contributed by atoms with E-state index in [9.17, 15) is 9.59 Å². The van der Waals surface area contributed by atoms with Crippen molar-refractivity contribution in [1.82, 2.24) is 10.2 Å². The molecule has 6 heteroatoms. The predicted molar refractivity (Wildman–Crippen MR) is 149 cm³/mol. The molecule has 0 spiro atoms. The molecule has 1 aliphatic rings. The van der Waals surface area contributed by atoms with Gasteiger partial charge in [0, 0.05) is 12.6 Å². The number of nitrogens with zero attached hydrogens (tertiary/aromatic N) is 1. The number of carbonyl (C=O) groups excluding carboxylic acids is 2. The Kier molecular flexibility index (Phi) is 10.0. The number of aryl methyl sites for hydroxylation is 1. The van der Waals surface area contributed by atoms with Gasteiger partial charge in [0.1, 0.15) is 11.8 Å². The lowest BCUT2D eigenvalue weighted by Crippen LogP contribution is -2.52. The Hall–Kier alpha value is -2.34. The highest BCUT2D eigenvalue weighted by Crippen LogP contribution is 2.31. The molecule has 1 N–H and O–H groups in total. The Morgan fingerprint density at radius 1 is 1.11 bits per heavy atom. The summed E-state index contributed by atoms with van der Waals surface area (Å²) in [5.41, 5.74) is 3.32. The van der Waals surface area contributed by atoms with Crippen LogP contribution in [0.25, 0.3) is 0 Å². The van der Waals surface area contributed by atoms with Crippen molar-refractivity contribution in [2.75, 3.05) is 6.61 Å². The lowest BCUT2D eigenvalue weighted by Gasteiger charge is -2.33. The molecule has 0 aromatic heterocycles. The fourth-order valence-corrected chi connectivity index (χ4v) is 5.23. The minimum atomic E-state index is -0.547. The normalized spacial score (nSPS) is 15.3. The number of nitrogens with one attached hydrogen (secondary N) is 1. The first-order valence-electron chi connectivity index (χ1n) is 13.2. The van der Waals surface area contributed by atoms with Crippen LogP contribution in [-0.2, 0) is 21.5 Å². The molecule has 36 heavy (non-hydrogen) atoms. The molecule has 1 atom stereocenters. The molecule has 0 saturated heterocycles. The molecule has 1 fully saturated rings. The van der Waals surface area contributed by atoms with Crippen LogP contribution in [0.1, 0.15) is 82.9 Å². The van der Waals surface area contributed by atoms with E-state index in [2.05, 4.69) is 42.0 Å². The SMILES string of the molecule is CCC(C(=O)NC1CCCCC1)N(Cc1ccccc1C)C(=O)COc1ccc(C(C)(C)C)cc1Br. The van der Waals surface area contributed by atoms with Crippen molar-refractivity contribution in [2.45, 2.75) is 97.2 Å². The van der Waals surface area contributed by atoms with Crippen LogP contribution in [0.15, 0.2) is 46.9 Å². The van der Waals surface area contributed by atoms with Gasteiger partial charge in [-0.2, -0.15) is 0 Å². The zero-order valence-corrected chi connectivity index (χ0v) is 24.0. The van der Waals surface area contributed by atoms with E-state index in [1.807, 2.05) is 56.3 Å². The van der Waals surface area contributed by atoms with Gasteiger partial charge < -0.3 is 15.0 Å². The third kappa shape index (κ3) is 7.58. The Morgan fingerprint density at radius 2 is 1.81 bits per heavy atom. The number of benzene rings is 2. The van der Waals surface area contributed by atoms with Crippen molar-refractivity contribution in [3.8, 4) is 5.75 Å². The van der Waals surface area contributed by atoms with Gasteiger partial charge in [-0.1, -0.05) is 77.3 Å². The molecule has 2 aromatic carbocycles. The van der Waals surface area contributed by atoms with Crippen LogP contribution in [0.2, 0.25) is 0 Å². The number of carbonyl (C=O) groups is 2. The van der Waals surface area contributed by atoms with Crippen molar-refractivity contribution < 1.29 is 14.3 Å². The smallest absolute Gasteiger partial charge is 0.261 e. The Labute approximate surface area is 225 Å². The van der Waals surface area contributed by atoms with Gasteiger partial charge in [-0.3, -0.25) is 9.59 Å². The summed E-state index contributed by atoms with van der Waals surface area (Å²) >= 11 is 3.60. The molecule has 196 valence electrons. The first-order chi connectivity index (χ1) is 17.1. The maximum Gasteiger partial charge on any atom is 0.261 e. The second-order valence-electron chi connectivity index (χ2n) is 10.9. The lowest BCUT2D eigenvalue weighted by molar-refractivity contribution is -0.143. The topological polar surface area (TPSA) is 58.6 Å². The molecule has 5 nitrogen and oxygen atoms in total. The highest BCUT2D eigenvalue weighted by molar-refractivity contribution is 9.10. The number of amides is 2. The van der Waals surface area contributed by atoms with E-state index in [4.69, 9.17) is 4.74 Å². The first kappa shape index (κ1) is 28.2. The van der Waals surface area contributed by atoms with Crippen LogP contribution < -0.4 is 10.1 Å². The number of halogens is 1. The van der Waals surface area contributed by atoms with Crippen LogP contribution >= 0.6 is 15.9 Å². The largest absolute Gasteiger partial charge is 0.483 e. The van der Waals surface area contributed by atoms with Crippen molar-refractivity contribution in [3.05, 3.63) is 63.6 Å². The Balaban J connectivity index is 1.78. The monoisotopic (exact) mass is 556 g/mol. The second kappa shape index (κ2) is 12.8. The van der Waals surface area contributed by atoms with E-state index in [0.29, 0.717) is 18.7 Å². The minimum Gasteiger partial charge on any atom is -0.483 e. The standard InChI is InChI=1S/C30H41BrN2O3/c1-6-26(29(35)32-24-14-8-7-9-15-24)33(19-22-13-11-10-12-21(22)2)28(34)20-36-27-17-16-23(18-25(27)31)30(3,4)5/h10-13,16-18,24,26H,6-9,14-15,19-20H2,1-5H3,(H,32,35). The van der Waals surface area contributed by atoms with E-state index < -0.39 is 6.04 Å². The highest BCUT2D eigenvalue weighted by atomic mass is 79.9. The van der Waals surface area contributed by atoms with E-state index in [-0.39, 0.29) is 29.9 Å². The third-order valence-corrected chi connectivity index (χ3v) is 7.71. The predicted octanol–water partition coefficient (Wildman–Crippen LogP) is 6.69. The molecular formula is C30H41BrN2O3. The van der Waals surface area contributed by atoms with Crippen LogP contribution in [0.4, 0.5) is 0 Å². The van der Waals surface area contributed by atoms with Gasteiger partial charge in [-0.05, 0) is 76.4 Å². The molecule has 1 saturated carbocycles. The molecule has 0 bridgehead atoms. The maximum atomic E-state index is 13.6. The van der Waals surface area contributed by atoms with Crippen molar-refractivity contribution in [2.24, 2.45) is 0 Å². The number of rotatable bonds is 9. The quantitative estimate of drug-likeness (QED) is 0.374.